The Morgan fingerprint density at radius 1 is 1.41 bits per heavy atom. The van der Waals surface area contributed by atoms with Crippen LogP contribution in [0.5, 0.6) is 0 Å². The first-order valence-corrected chi connectivity index (χ1v) is 7.98. The lowest BCUT2D eigenvalue weighted by Crippen LogP contribution is -2.29. The molecule has 2 aliphatic rings. The van der Waals surface area contributed by atoms with Crippen molar-refractivity contribution in [2.24, 2.45) is 22.7 Å². The second kappa shape index (κ2) is 6.12. The molecule has 3 unspecified atom stereocenters. The van der Waals surface area contributed by atoms with Gasteiger partial charge >= 0.3 is 0 Å². The summed E-state index contributed by atoms with van der Waals surface area (Å²) in [6.45, 7) is 9.12. The fourth-order valence-corrected chi connectivity index (χ4v) is 3.84. The molecule has 0 radical (unpaired) electrons. The van der Waals surface area contributed by atoms with Crippen LogP contribution < -0.4 is 5.32 Å². The van der Waals surface area contributed by atoms with E-state index in [1.807, 2.05) is 11.8 Å². The van der Waals surface area contributed by atoms with Crippen LogP contribution in [0.2, 0.25) is 0 Å². The number of thioether (sulfide) groups is 1. The molecule has 1 N–H and O–H groups in total. The number of hydrogen-bond donors (Lipinski definition) is 1. The van der Waals surface area contributed by atoms with Crippen LogP contribution in [0.1, 0.15) is 46.5 Å². The number of aliphatic imine (C=N–C) groups is 1. The van der Waals surface area contributed by atoms with E-state index in [4.69, 9.17) is 0 Å². The highest BCUT2D eigenvalue weighted by atomic mass is 32.2. The lowest BCUT2D eigenvalue weighted by Gasteiger charge is -2.27. The van der Waals surface area contributed by atoms with E-state index in [-0.39, 0.29) is 0 Å². The fourth-order valence-electron chi connectivity index (χ4n) is 2.81. The fraction of sp³-hybridized carbons (Fsp3) is 0.929. The molecule has 17 heavy (non-hydrogen) atoms. The maximum atomic E-state index is 4.61. The number of rotatable bonds is 3. The Kier molecular flexibility index (Phi) is 4.78. The Labute approximate surface area is 110 Å². The number of amidine groups is 1. The summed E-state index contributed by atoms with van der Waals surface area (Å²) in [6.07, 6.45) is 5.66. The zero-order chi connectivity index (χ0) is 12.3. The summed E-state index contributed by atoms with van der Waals surface area (Å²) < 4.78 is 0. The molecule has 1 fully saturated rings. The van der Waals surface area contributed by atoms with E-state index in [1.54, 1.807) is 0 Å². The van der Waals surface area contributed by atoms with E-state index in [0.717, 1.165) is 30.8 Å². The Bertz CT molecular complexity index is 275. The quantitative estimate of drug-likeness (QED) is 0.833. The van der Waals surface area contributed by atoms with Crippen molar-refractivity contribution in [1.82, 2.24) is 5.32 Å². The van der Waals surface area contributed by atoms with Crippen LogP contribution in [0.15, 0.2) is 4.99 Å². The molecule has 0 saturated heterocycles. The van der Waals surface area contributed by atoms with E-state index in [9.17, 15) is 0 Å². The Morgan fingerprint density at radius 3 is 2.88 bits per heavy atom. The van der Waals surface area contributed by atoms with Crippen LogP contribution in [-0.2, 0) is 0 Å². The lowest BCUT2D eigenvalue weighted by molar-refractivity contribution is 0.283. The molecule has 3 atom stereocenters. The predicted octanol–water partition coefficient (Wildman–Crippen LogP) is 3.53. The van der Waals surface area contributed by atoms with Gasteiger partial charge in [-0.25, -0.2) is 0 Å². The second-order valence-corrected chi connectivity index (χ2v) is 7.29. The SMILES string of the molecule is CC1CCCC(CNC2=NCC(C(C)C)S2)C1. The van der Waals surface area contributed by atoms with E-state index in [2.05, 4.69) is 31.1 Å². The van der Waals surface area contributed by atoms with E-state index in [0.29, 0.717) is 5.25 Å². The average molecular weight is 254 g/mol. The minimum Gasteiger partial charge on any atom is -0.365 e. The first-order valence-electron chi connectivity index (χ1n) is 7.10. The summed E-state index contributed by atoms with van der Waals surface area (Å²) in [5.41, 5.74) is 0. The Balaban J connectivity index is 1.69. The zero-order valence-electron chi connectivity index (χ0n) is 11.4. The van der Waals surface area contributed by atoms with Gasteiger partial charge in [0, 0.05) is 11.8 Å². The van der Waals surface area contributed by atoms with Crippen molar-refractivity contribution < 1.29 is 0 Å². The Morgan fingerprint density at radius 2 is 2.24 bits per heavy atom. The molecule has 0 bridgehead atoms. The first kappa shape index (κ1) is 13.3. The van der Waals surface area contributed by atoms with Crippen molar-refractivity contribution in [2.75, 3.05) is 13.1 Å². The standard InChI is InChI=1S/C14H26N2S/c1-10(2)13-9-16-14(17-13)15-8-12-6-4-5-11(3)7-12/h10-13H,4-9H2,1-3H3,(H,15,16). The Hall–Kier alpha value is -0.180. The molecule has 0 aromatic carbocycles. The third-order valence-electron chi connectivity index (χ3n) is 4.01. The third kappa shape index (κ3) is 3.90. The van der Waals surface area contributed by atoms with Crippen LogP contribution in [0.4, 0.5) is 0 Å². The highest BCUT2D eigenvalue weighted by molar-refractivity contribution is 8.14. The van der Waals surface area contributed by atoms with Crippen molar-refractivity contribution in [2.45, 2.75) is 51.7 Å². The van der Waals surface area contributed by atoms with Crippen molar-refractivity contribution in [3.8, 4) is 0 Å². The van der Waals surface area contributed by atoms with Crippen molar-refractivity contribution in [1.29, 1.82) is 0 Å². The summed E-state index contributed by atoms with van der Waals surface area (Å²) >= 11 is 1.95. The molecule has 1 aliphatic heterocycles. The highest BCUT2D eigenvalue weighted by Gasteiger charge is 2.24. The van der Waals surface area contributed by atoms with E-state index >= 15 is 0 Å². The van der Waals surface area contributed by atoms with Crippen molar-refractivity contribution >= 4 is 16.9 Å². The predicted molar refractivity (Wildman–Crippen MR) is 77.6 cm³/mol. The van der Waals surface area contributed by atoms with Gasteiger partial charge in [0.1, 0.15) is 0 Å². The summed E-state index contributed by atoms with van der Waals surface area (Å²) in [5.74, 6) is 2.54. The topological polar surface area (TPSA) is 24.4 Å². The maximum absolute atomic E-state index is 4.61. The van der Waals surface area contributed by atoms with Crippen LogP contribution >= 0.6 is 11.8 Å². The van der Waals surface area contributed by atoms with Gasteiger partial charge in [-0.15, -0.1) is 0 Å². The number of hydrogen-bond acceptors (Lipinski definition) is 3. The number of nitrogens with one attached hydrogen (secondary N) is 1. The van der Waals surface area contributed by atoms with Crippen molar-refractivity contribution in [3.63, 3.8) is 0 Å². The first-order chi connectivity index (χ1) is 8.15. The zero-order valence-corrected chi connectivity index (χ0v) is 12.2. The molecule has 1 heterocycles. The van der Waals surface area contributed by atoms with Crippen LogP contribution in [0, 0.1) is 17.8 Å². The summed E-state index contributed by atoms with van der Waals surface area (Å²) in [4.78, 5) is 4.61. The minimum absolute atomic E-state index is 0.697. The molecule has 1 aliphatic carbocycles. The third-order valence-corrected chi connectivity index (χ3v) is 5.50. The molecule has 0 spiro atoms. The van der Waals surface area contributed by atoms with Gasteiger partial charge < -0.3 is 5.32 Å². The highest BCUT2D eigenvalue weighted by Crippen LogP contribution is 2.29. The van der Waals surface area contributed by atoms with Gasteiger partial charge in [0.15, 0.2) is 5.17 Å². The monoisotopic (exact) mass is 254 g/mol. The molecule has 3 heteroatoms. The molecule has 0 aromatic heterocycles. The van der Waals surface area contributed by atoms with Gasteiger partial charge in [-0.1, -0.05) is 45.4 Å². The number of nitrogens with zero attached hydrogens (tertiary/aromatic N) is 1. The molecular formula is C14H26N2S. The largest absolute Gasteiger partial charge is 0.365 e. The van der Waals surface area contributed by atoms with Gasteiger partial charge in [-0.2, -0.15) is 0 Å². The van der Waals surface area contributed by atoms with Gasteiger partial charge in [-0.05, 0) is 30.6 Å². The van der Waals surface area contributed by atoms with Crippen LogP contribution in [-0.4, -0.2) is 23.5 Å². The average Bonchev–Trinajstić information content (AvgIpc) is 2.75. The normalized spacial score (nSPS) is 33.9. The molecule has 0 aromatic rings. The van der Waals surface area contributed by atoms with Gasteiger partial charge in [0.2, 0.25) is 0 Å². The van der Waals surface area contributed by atoms with Crippen molar-refractivity contribution in [3.05, 3.63) is 0 Å². The molecular weight excluding hydrogens is 228 g/mol. The minimum atomic E-state index is 0.697. The van der Waals surface area contributed by atoms with Crippen LogP contribution in [0.25, 0.3) is 0 Å². The maximum Gasteiger partial charge on any atom is 0.156 e. The second-order valence-electron chi connectivity index (χ2n) is 6.06. The lowest BCUT2D eigenvalue weighted by atomic mass is 9.82. The van der Waals surface area contributed by atoms with Gasteiger partial charge in [0.05, 0.1) is 6.54 Å². The molecule has 2 rings (SSSR count). The smallest absolute Gasteiger partial charge is 0.156 e. The molecule has 0 amide bonds. The van der Waals surface area contributed by atoms with E-state index < -0.39 is 0 Å². The van der Waals surface area contributed by atoms with E-state index in [1.165, 1.54) is 30.9 Å². The van der Waals surface area contributed by atoms with Crippen LogP contribution in [0.3, 0.4) is 0 Å². The van der Waals surface area contributed by atoms with Gasteiger partial charge in [-0.3, -0.25) is 4.99 Å². The molecule has 2 nitrogen and oxygen atoms in total. The molecule has 98 valence electrons. The van der Waals surface area contributed by atoms with Gasteiger partial charge in [0.25, 0.3) is 0 Å². The summed E-state index contributed by atoms with van der Waals surface area (Å²) in [7, 11) is 0. The summed E-state index contributed by atoms with van der Waals surface area (Å²) in [5, 5.41) is 5.46. The molecule has 1 saturated carbocycles. The summed E-state index contributed by atoms with van der Waals surface area (Å²) in [6, 6.07) is 0.